The van der Waals surface area contributed by atoms with Gasteiger partial charge in [0.05, 0.1) is 29.4 Å². The molecule has 0 spiro atoms. The highest BCUT2D eigenvalue weighted by atomic mass is 19.1. The number of aromatic nitrogens is 2. The summed E-state index contributed by atoms with van der Waals surface area (Å²) < 4.78 is 19.2. The van der Waals surface area contributed by atoms with Gasteiger partial charge in [0.2, 0.25) is 5.91 Å². The Labute approximate surface area is 241 Å². The lowest BCUT2D eigenvalue weighted by molar-refractivity contribution is -0.151. The van der Waals surface area contributed by atoms with Gasteiger partial charge in [-0.25, -0.2) is 19.0 Å². The summed E-state index contributed by atoms with van der Waals surface area (Å²) in [6.45, 7) is 3.18. The van der Waals surface area contributed by atoms with Gasteiger partial charge in [0, 0.05) is 18.1 Å². The van der Waals surface area contributed by atoms with Crippen LogP contribution < -0.4 is 11.1 Å². The highest BCUT2D eigenvalue weighted by molar-refractivity contribution is 5.94. The SMILES string of the molecule is CC(C)(CC[C@H](C[C@H](O)[C@H](Cc1cccc(F)c1)NC(=O)c1cnc2ccccc2n1)C(N)=O)OC(=O)/C=C/C(=O)O. The number of halogens is 1. The number of nitrogens with zero attached hydrogens (tertiary/aromatic N) is 2. The highest BCUT2D eigenvalue weighted by Gasteiger charge is 2.31. The number of carboxylic acids is 1. The van der Waals surface area contributed by atoms with Crippen LogP contribution in [0.5, 0.6) is 0 Å². The molecule has 1 heterocycles. The second-order valence-corrected chi connectivity index (χ2v) is 10.5. The van der Waals surface area contributed by atoms with E-state index >= 15 is 0 Å². The van der Waals surface area contributed by atoms with Gasteiger partial charge in [0.25, 0.3) is 5.91 Å². The summed E-state index contributed by atoms with van der Waals surface area (Å²) in [5.41, 5.74) is 6.16. The lowest BCUT2D eigenvalue weighted by Crippen LogP contribution is -2.46. The molecule has 0 radical (unpaired) electrons. The minimum atomic E-state index is -1.31. The first-order chi connectivity index (χ1) is 19.8. The molecule has 0 saturated heterocycles. The van der Waals surface area contributed by atoms with Crippen LogP contribution in [0.3, 0.4) is 0 Å². The van der Waals surface area contributed by atoms with Gasteiger partial charge < -0.3 is 26.0 Å². The van der Waals surface area contributed by atoms with Gasteiger partial charge in [-0.15, -0.1) is 0 Å². The van der Waals surface area contributed by atoms with Crippen LogP contribution in [-0.2, 0) is 25.5 Å². The molecule has 0 aliphatic heterocycles. The van der Waals surface area contributed by atoms with Crippen LogP contribution in [0, 0.1) is 11.7 Å². The molecule has 3 aromatic rings. The number of carbonyl (C=O) groups is 4. The zero-order valence-corrected chi connectivity index (χ0v) is 23.2. The number of benzene rings is 2. The number of hydrogen-bond acceptors (Lipinski definition) is 8. The topological polar surface area (TPSA) is 182 Å². The summed E-state index contributed by atoms with van der Waals surface area (Å²) in [5.74, 6) is -4.87. The van der Waals surface area contributed by atoms with Crippen molar-refractivity contribution in [3.8, 4) is 0 Å². The normalized spacial score (nSPS) is 13.8. The maximum absolute atomic E-state index is 13.9. The van der Waals surface area contributed by atoms with Crippen LogP contribution in [0.2, 0.25) is 0 Å². The fraction of sp³-hybridized carbons (Fsp3) is 0.333. The molecule has 2 amide bonds. The van der Waals surface area contributed by atoms with Crippen LogP contribution in [-0.4, -0.2) is 61.7 Å². The van der Waals surface area contributed by atoms with Crippen molar-refractivity contribution in [3.63, 3.8) is 0 Å². The molecule has 0 fully saturated rings. The van der Waals surface area contributed by atoms with E-state index < -0.39 is 53.2 Å². The zero-order valence-electron chi connectivity index (χ0n) is 23.2. The van der Waals surface area contributed by atoms with Crippen molar-refractivity contribution in [2.45, 2.75) is 57.3 Å². The minimum absolute atomic E-state index is 0.0112. The third kappa shape index (κ3) is 9.73. The number of esters is 1. The van der Waals surface area contributed by atoms with Crippen LogP contribution in [0.4, 0.5) is 4.39 Å². The fourth-order valence-corrected chi connectivity index (χ4v) is 4.36. The van der Waals surface area contributed by atoms with Gasteiger partial charge in [-0.05, 0) is 69.4 Å². The summed E-state index contributed by atoms with van der Waals surface area (Å²) in [6.07, 6.45) is 1.62. The number of primary amides is 1. The first kappa shape index (κ1) is 31.8. The van der Waals surface area contributed by atoms with Crippen molar-refractivity contribution < 1.29 is 38.5 Å². The molecule has 12 heteroatoms. The molecule has 5 N–H and O–H groups in total. The summed E-state index contributed by atoms with van der Waals surface area (Å²) >= 11 is 0. The van der Waals surface area contributed by atoms with E-state index in [1.807, 2.05) is 0 Å². The monoisotopic (exact) mass is 580 g/mol. The number of carboxylic acid groups (broad SMARTS) is 1. The standard InChI is InChI=1S/C30H33FN4O7/c1-30(2,42-27(39)11-10-26(37)38)13-12-19(28(32)40)16-25(36)23(15-18-6-5-7-20(31)14-18)35-29(41)24-17-33-21-8-3-4-9-22(21)34-24/h3-11,14,17,19,23,25,36H,12-13,15-16H2,1-2H3,(H2,32,40)(H,35,41)(H,37,38)/b11-10+/t19-,23+,25+/m1/s1. The Morgan fingerprint density at radius 1 is 1.10 bits per heavy atom. The Morgan fingerprint density at radius 3 is 2.48 bits per heavy atom. The third-order valence-electron chi connectivity index (χ3n) is 6.57. The van der Waals surface area contributed by atoms with Gasteiger partial charge in [0.15, 0.2) is 0 Å². The number of aliphatic hydroxyl groups excluding tert-OH is 1. The molecule has 11 nitrogen and oxygen atoms in total. The number of amides is 2. The largest absolute Gasteiger partial charge is 0.478 e. The number of para-hydroxylation sites is 2. The Balaban J connectivity index is 1.75. The van der Waals surface area contributed by atoms with Crippen molar-refractivity contribution in [2.75, 3.05) is 0 Å². The number of rotatable bonds is 14. The van der Waals surface area contributed by atoms with E-state index in [0.29, 0.717) is 22.7 Å². The van der Waals surface area contributed by atoms with E-state index in [-0.39, 0.29) is 31.4 Å². The number of aliphatic carboxylic acids is 1. The van der Waals surface area contributed by atoms with Crippen molar-refractivity contribution >= 4 is 34.8 Å². The zero-order chi connectivity index (χ0) is 30.9. The Bertz CT molecular complexity index is 1480. The van der Waals surface area contributed by atoms with Crippen LogP contribution in [0.15, 0.2) is 66.9 Å². The lowest BCUT2D eigenvalue weighted by atomic mass is 9.87. The number of nitrogens with one attached hydrogen (secondary N) is 1. The van der Waals surface area contributed by atoms with E-state index in [1.165, 1.54) is 24.4 Å². The Kier molecular flexibility index (Phi) is 10.8. The van der Waals surface area contributed by atoms with Crippen molar-refractivity contribution in [1.82, 2.24) is 15.3 Å². The van der Waals surface area contributed by atoms with Gasteiger partial charge in [-0.2, -0.15) is 0 Å². The van der Waals surface area contributed by atoms with Crippen molar-refractivity contribution in [3.05, 3.63) is 84.0 Å². The van der Waals surface area contributed by atoms with Crippen LogP contribution >= 0.6 is 0 Å². The molecule has 0 saturated carbocycles. The number of nitrogens with two attached hydrogens (primary N) is 1. The molecule has 0 aliphatic rings. The molecule has 0 unspecified atom stereocenters. The number of fused-ring (bicyclic) bond motifs is 1. The smallest absolute Gasteiger partial charge is 0.331 e. The van der Waals surface area contributed by atoms with E-state index in [4.69, 9.17) is 15.6 Å². The highest BCUT2D eigenvalue weighted by Crippen LogP contribution is 2.25. The second-order valence-electron chi connectivity index (χ2n) is 10.5. The first-order valence-electron chi connectivity index (χ1n) is 13.2. The molecular formula is C30H33FN4O7. The second kappa shape index (κ2) is 14.3. The molecule has 0 bridgehead atoms. The molecule has 42 heavy (non-hydrogen) atoms. The molecule has 3 rings (SSSR count). The predicted octanol–water partition coefficient (Wildman–Crippen LogP) is 2.71. The fourth-order valence-electron chi connectivity index (χ4n) is 4.36. The Hall–Kier alpha value is -4.71. The average Bonchev–Trinajstić information content (AvgIpc) is 2.93. The maximum atomic E-state index is 13.9. The van der Waals surface area contributed by atoms with Crippen molar-refractivity contribution in [2.24, 2.45) is 11.7 Å². The maximum Gasteiger partial charge on any atom is 0.331 e. The Morgan fingerprint density at radius 2 is 1.81 bits per heavy atom. The van der Waals surface area contributed by atoms with Crippen molar-refractivity contribution in [1.29, 1.82) is 0 Å². The lowest BCUT2D eigenvalue weighted by Gasteiger charge is -2.29. The molecule has 2 aromatic carbocycles. The molecule has 0 aliphatic carbocycles. The van der Waals surface area contributed by atoms with Crippen LogP contribution in [0.25, 0.3) is 11.0 Å². The van der Waals surface area contributed by atoms with Crippen LogP contribution in [0.1, 0.15) is 49.2 Å². The average molecular weight is 581 g/mol. The predicted molar refractivity (Wildman–Crippen MR) is 150 cm³/mol. The van der Waals surface area contributed by atoms with E-state index in [2.05, 4.69) is 15.3 Å². The molecular weight excluding hydrogens is 547 g/mol. The van der Waals surface area contributed by atoms with Gasteiger partial charge in [-0.3, -0.25) is 14.6 Å². The van der Waals surface area contributed by atoms with E-state index in [1.54, 1.807) is 44.2 Å². The van der Waals surface area contributed by atoms with Gasteiger partial charge >= 0.3 is 11.9 Å². The van der Waals surface area contributed by atoms with Gasteiger partial charge in [0.1, 0.15) is 17.1 Å². The van der Waals surface area contributed by atoms with Gasteiger partial charge in [-0.1, -0.05) is 24.3 Å². The number of hydrogen-bond donors (Lipinski definition) is 4. The molecule has 3 atom stereocenters. The molecule has 1 aromatic heterocycles. The van der Waals surface area contributed by atoms with E-state index in [0.717, 1.165) is 6.08 Å². The van der Waals surface area contributed by atoms with E-state index in [9.17, 15) is 28.7 Å². The first-order valence-corrected chi connectivity index (χ1v) is 13.2. The number of carbonyl (C=O) groups excluding carboxylic acids is 3. The quantitative estimate of drug-likeness (QED) is 0.165. The summed E-state index contributed by atoms with van der Waals surface area (Å²) in [4.78, 5) is 56.6. The number of ether oxygens (including phenoxy) is 1. The summed E-state index contributed by atoms with van der Waals surface area (Å²) in [6, 6.07) is 11.7. The summed E-state index contributed by atoms with van der Waals surface area (Å²) in [7, 11) is 0. The summed E-state index contributed by atoms with van der Waals surface area (Å²) in [5, 5.41) is 22.6. The number of aliphatic hydroxyl groups is 1. The third-order valence-corrected chi connectivity index (χ3v) is 6.57. The molecule has 222 valence electrons. The minimum Gasteiger partial charge on any atom is -0.478 e.